The van der Waals surface area contributed by atoms with Crippen LogP contribution in [0.15, 0.2) is 10.8 Å². The highest BCUT2D eigenvalue weighted by Crippen LogP contribution is 2.35. The molecule has 1 fully saturated rings. The standard InChI is InChI=1S/C15H25BrN4/c1-4-8-17-13-12(16)14(19-11-18-13)20-9-5-6-15(2,3)7-10-20/h11H,4-10H2,1-3H3,(H,17,18,19). The van der Waals surface area contributed by atoms with Gasteiger partial charge in [-0.3, -0.25) is 0 Å². The average molecular weight is 341 g/mol. The van der Waals surface area contributed by atoms with Crippen LogP contribution in [-0.4, -0.2) is 29.6 Å². The molecule has 112 valence electrons. The van der Waals surface area contributed by atoms with Gasteiger partial charge in [-0.25, -0.2) is 9.97 Å². The van der Waals surface area contributed by atoms with Crippen molar-refractivity contribution in [3.05, 3.63) is 10.8 Å². The van der Waals surface area contributed by atoms with Gasteiger partial charge in [0.2, 0.25) is 0 Å². The van der Waals surface area contributed by atoms with E-state index < -0.39 is 0 Å². The molecule has 20 heavy (non-hydrogen) atoms. The van der Waals surface area contributed by atoms with Crippen molar-refractivity contribution in [1.29, 1.82) is 0 Å². The fourth-order valence-electron chi connectivity index (χ4n) is 2.58. The zero-order valence-corrected chi connectivity index (χ0v) is 14.3. The van der Waals surface area contributed by atoms with Gasteiger partial charge in [-0.2, -0.15) is 0 Å². The predicted molar refractivity (Wildman–Crippen MR) is 88.4 cm³/mol. The highest BCUT2D eigenvalue weighted by atomic mass is 79.9. The molecule has 0 saturated carbocycles. The van der Waals surface area contributed by atoms with E-state index in [1.165, 1.54) is 19.3 Å². The fraction of sp³-hybridized carbons (Fsp3) is 0.733. The van der Waals surface area contributed by atoms with E-state index in [0.717, 1.165) is 42.2 Å². The molecule has 1 aliphatic heterocycles. The predicted octanol–water partition coefficient (Wildman–Crippen LogP) is 4.08. The van der Waals surface area contributed by atoms with Crippen molar-refractivity contribution < 1.29 is 0 Å². The van der Waals surface area contributed by atoms with Crippen molar-refractivity contribution in [2.45, 2.75) is 46.5 Å². The van der Waals surface area contributed by atoms with Gasteiger partial charge in [0.1, 0.15) is 22.4 Å². The van der Waals surface area contributed by atoms with Gasteiger partial charge in [-0.05, 0) is 47.0 Å². The Labute approximate surface area is 130 Å². The molecule has 1 aromatic rings. The van der Waals surface area contributed by atoms with E-state index in [4.69, 9.17) is 0 Å². The summed E-state index contributed by atoms with van der Waals surface area (Å²) in [4.78, 5) is 11.2. The first kappa shape index (κ1) is 15.5. The molecule has 1 aliphatic rings. The topological polar surface area (TPSA) is 41.1 Å². The van der Waals surface area contributed by atoms with Crippen LogP contribution < -0.4 is 10.2 Å². The molecule has 4 nitrogen and oxygen atoms in total. The first-order chi connectivity index (χ1) is 9.53. The van der Waals surface area contributed by atoms with Crippen molar-refractivity contribution in [2.75, 3.05) is 29.9 Å². The van der Waals surface area contributed by atoms with Crippen LogP contribution in [-0.2, 0) is 0 Å². The van der Waals surface area contributed by atoms with Crippen molar-refractivity contribution in [2.24, 2.45) is 5.41 Å². The number of hydrogen-bond donors (Lipinski definition) is 1. The van der Waals surface area contributed by atoms with Crippen molar-refractivity contribution in [1.82, 2.24) is 9.97 Å². The third-order valence-corrected chi connectivity index (χ3v) is 4.68. The van der Waals surface area contributed by atoms with Gasteiger partial charge in [0.25, 0.3) is 0 Å². The number of hydrogen-bond acceptors (Lipinski definition) is 4. The van der Waals surface area contributed by atoms with Gasteiger partial charge in [-0.15, -0.1) is 0 Å². The van der Waals surface area contributed by atoms with Crippen molar-refractivity contribution in [3.8, 4) is 0 Å². The summed E-state index contributed by atoms with van der Waals surface area (Å²) < 4.78 is 0.994. The molecule has 0 unspecified atom stereocenters. The lowest BCUT2D eigenvalue weighted by Crippen LogP contribution is -2.26. The van der Waals surface area contributed by atoms with E-state index in [-0.39, 0.29) is 0 Å². The second-order valence-electron chi connectivity index (χ2n) is 6.29. The molecule has 2 heterocycles. The van der Waals surface area contributed by atoms with Crippen LogP contribution in [0.25, 0.3) is 0 Å². The van der Waals surface area contributed by atoms with E-state index in [0.29, 0.717) is 5.41 Å². The smallest absolute Gasteiger partial charge is 0.148 e. The Morgan fingerprint density at radius 2 is 2.10 bits per heavy atom. The first-order valence-corrected chi connectivity index (χ1v) is 8.32. The monoisotopic (exact) mass is 340 g/mol. The van der Waals surface area contributed by atoms with Crippen LogP contribution in [0.5, 0.6) is 0 Å². The summed E-state index contributed by atoms with van der Waals surface area (Å²) in [6.07, 6.45) is 6.47. The Hall–Kier alpha value is -0.840. The maximum absolute atomic E-state index is 4.49. The minimum Gasteiger partial charge on any atom is -0.369 e. The van der Waals surface area contributed by atoms with Crippen molar-refractivity contribution >= 4 is 27.6 Å². The van der Waals surface area contributed by atoms with E-state index in [1.807, 2.05) is 0 Å². The summed E-state index contributed by atoms with van der Waals surface area (Å²) in [7, 11) is 0. The zero-order valence-electron chi connectivity index (χ0n) is 12.7. The summed E-state index contributed by atoms with van der Waals surface area (Å²) in [5.74, 6) is 1.93. The molecule has 0 spiro atoms. The van der Waals surface area contributed by atoms with E-state index >= 15 is 0 Å². The molecule has 1 aromatic heterocycles. The molecule has 0 aliphatic carbocycles. The second-order valence-corrected chi connectivity index (χ2v) is 7.08. The van der Waals surface area contributed by atoms with Gasteiger partial charge in [0.15, 0.2) is 0 Å². The Kier molecular flexibility index (Phi) is 5.24. The average Bonchev–Trinajstić information content (AvgIpc) is 2.59. The summed E-state index contributed by atoms with van der Waals surface area (Å²) in [5, 5.41) is 3.35. The Balaban J connectivity index is 2.15. The van der Waals surface area contributed by atoms with Gasteiger partial charge in [0, 0.05) is 19.6 Å². The summed E-state index contributed by atoms with van der Waals surface area (Å²) in [6.45, 7) is 9.95. The molecule has 5 heteroatoms. The number of anilines is 2. The lowest BCUT2D eigenvalue weighted by Gasteiger charge is -2.25. The zero-order chi connectivity index (χ0) is 14.6. The molecule has 0 radical (unpaired) electrons. The molecule has 0 bridgehead atoms. The highest BCUT2D eigenvalue weighted by Gasteiger charge is 2.25. The first-order valence-electron chi connectivity index (χ1n) is 7.53. The number of nitrogens with one attached hydrogen (secondary N) is 1. The SMILES string of the molecule is CCCNc1ncnc(N2CCCC(C)(C)CC2)c1Br. The third-order valence-electron chi connectivity index (χ3n) is 3.95. The van der Waals surface area contributed by atoms with Crippen LogP contribution in [0.1, 0.15) is 46.5 Å². The van der Waals surface area contributed by atoms with Crippen LogP contribution in [0.3, 0.4) is 0 Å². The number of nitrogens with zero attached hydrogens (tertiary/aromatic N) is 3. The maximum atomic E-state index is 4.49. The Morgan fingerprint density at radius 3 is 2.85 bits per heavy atom. The van der Waals surface area contributed by atoms with E-state index in [1.54, 1.807) is 6.33 Å². The van der Waals surface area contributed by atoms with Gasteiger partial charge >= 0.3 is 0 Å². The minimum atomic E-state index is 0.442. The van der Waals surface area contributed by atoms with Crippen LogP contribution >= 0.6 is 15.9 Å². The van der Waals surface area contributed by atoms with Gasteiger partial charge < -0.3 is 10.2 Å². The lowest BCUT2D eigenvalue weighted by molar-refractivity contribution is 0.325. The van der Waals surface area contributed by atoms with E-state index in [2.05, 4.69) is 56.9 Å². The van der Waals surface area contributed by atoms with Crippen LogP contribution in [0.2, 0.25) is 0 Å². The molecule has 0 amide bonds. The third kappa shape index (κ3) is 3.84. The summed E-state index contributed by atoms with van der Waals surface area (Å²) in [6, 6.07) is 0. The summed E-state index contributed by atoms with van der Waals surface area (Å²) >= 11 is 3.67. The number of aromatic nitrogens is 2. The Morgan fingerprint density at radius 1 is 1.30 bits per heavy atom. The van der Waals surface area contributed by atoms with Crippen molar-refractivity contribution in [3.63, 3.8) is 0 Å². The number of rotatable bonds is 4. The Bertz CT molecular complexity index is 447. The lowest BCUT2D eigenvalue weighted by atomic mass is 9.85. The molecular formula is C15H25BrN4. The summed E-state index contributed by atoms with van der Waals surface area (Å²) in [5.41, 5.74) is 0.442. The largest absolute Gasteiger partial charge is 0.369 e. The van der Waals surface area contributed by atoms with Crippen LogP contribution in [0.4, 0.5) is 11.6 Å². The molecular weight excluding hydrogens is 316 g/mol. The second kappa shape index (κ2) is 6.74. The molecule has 2 rings (SSSR count). The molecule has 1 saturated heterocycles. The highest BCUT2D eigenvalue weighted by molar-refractivity contribution is 9.10. The maximum Gasteiger partial charge on any atom is 0.148 e. The van der Waals surface area contributed by atoms with Gasteiger partial charge in [-0.1, -0.05) is 20.8 Å². The fourth-order valence-corrected chi connectivity index (χ4v) is 3.18. The van der Waals surface area contributed by atoms with E-state index in [9.17, 15) is 0 Å². The molecule has 0 atom stereocenters. The van der Waals surface area contributed by atoms with Crippen LogP contribution in [0, 0.1) is 5.41 Å². The molecule has 0 aromatic carbocycles. The number of halogens is 1. The quantitative estimate of drug-likeness (QED) is 0.896. The normalized spacial score (nSPS) is 18.7. The molecule has 1 N–H and O–H groups in total. The van der Waals surface area contributed by atoms with Gasteiger partial charge in [0.05, 0.1) is 0 Å². The minimum absolute atomic E-state index is 0.442.